The fourth-order valence-electron chi connectivity index (χ4n) is 4.02. The van der Waals surface area contributed by atoms with Gasteiger partial charge in [0.15, 0.2) is 0 Å². The molecule has 0 unspecified atom stereocenters. The molecule has 37 heavy (non-hydrogen) atoms. The lowest BCUT2D eigenvalue weighted by Gasteiger charge is -2.35. The number of nitrogens with zero attached hydrogens (tertiary/aromatic N) is 6. The quantitative estimate of drug-likeness (QED) is 0.331. The summed E-state index contributed by atoms with van der Waals surface area (Å²) in [5.41, 5.74) is 9.26. The van der Waals surface area contributed by atoms with Crippen LogP contribution in [0.3, 0.4) is 0 Å². The molecule has 0 radical (unpaired) electrons. The molecule has 2 aromatic heterocycles. The Morgan fingerprint density at radius 2 is 2.05 bits per heavy atom. The van der Waals surface area contributed by atoms with Gasteiger partial charge in [-0.1, -0.05) is 17.2 Å². The molecule has 1 saturated carbocycles. The number of anilines is 1. The van der Waals surface area contributed by atoms with Crippen molar-refractivity contribution in [2.45, 2.75) is 58.4 Å². The Hall–Kier alpha value is -3.48. The van der Waals surface area contributed by atoms with Crippen LogP contribution in [0.4, 0.5) is 14.5 Å². The van der Waals surface area contributed by atoms with E-state index in [4.69, 9.17) is 26.2 Å². The van der Waals surface area contributed by atoms with E-state index in [1.165, 1.54) is 17.9 Å². The molecule has 0 bridgehead atoms. The largest absolute Gasteiger partial charge is 0.481 e. The number of aliphatic carboxylic acids is 1. The molecule has 3 heterocycles. The van der Waals surface area contributed by atoms with Gasteiger partial charge in [-0.2, -0.15) is 0 Å². The highest BCUT2D eigenvalue weighted by molar-refractivity contribution is 5.65. The second-order valence-electron chi connectivity index (χ2n) is 9.40. The summed E-state index contributed by atoms with van der Waals surface area (Å²) < 4.78 is 35.4. The third-order valence-corrected chi connectivity index (χ3v) is 6.05. The maximum atomic E-state index is 13.9. The predicted molar refractivity (Wildman–Crippen MR) is 135 cm³/mol. The Labute approximate surface area is 215 Å². The molecular formula is C24H36F2N8O3. The van der Waals surface area contributed by atoms with Gasteiger partial charge >= 0.3 is 0 Å². The zero-order valence-corrected chi connectivity index (χ0v) is 21.5. The number of aromatic nitrogens is 4. The lowest BCUT2D eigenvalue weighted by molar-refractivity contribution is -0.134. The molecule has 0 spiro atoms. The minimum absolute atomic E-state index is 0.0767. The summed E-state index contributed by atoms with van der Waals surface area (Å²) in [6.45, 7) is 4.25. The first-order valence-electron chi connectivity index (χ1n) is 12.3. The Kier molecular flexibility index (Phi) is 9.24. The normalized spacial score (nSPS) is 17.4. The summed E-state index contributed by atoms with van der Waals surface area (Å²) in [4.78, 5) is 15.4. The monoisotopic (exact) mass is 522 g/mol. The van der Waals surface area contributed by atoms with Crippen molar-refractivity contribution in [2.75, 3.05) is 31.6 Å². The summed E-state index contributed by atoms with van der Waals surface area (Å²) >= 11 is 0. The number of carbonyl (C=O) groups is 1. The highest BCUT2D eigenvalue weighted by atomic mass is 19.3. The van der Waals surface area contributed by atoms with Crippen LogP contribution in [0.5, 0.6) is 5.88 Å². The van der Waals surface area contributed by atoms with E-state index >= 15 is 0 Å². The third-order valence-electron chi connectivity index (χ3n) is 6.05. The minimum Gasteiger partial charge on any atom is -0.481 e. The molecule has 13 heteroatoms. The number of nitrogens with two attached hydrogens (primary N) is 2. The lowest BCUT2D eigenvalue weighted by atomic mass is 10.1. The fraction of sp³-hybridized carbons (Fsp3) is 0.583. The van der Waals surface area contributed by atoms with Crippen LogP contribution >= 0.6 is 0 Å². The molecule has 2 fully saturated rings. The number of carboxylic acids is 1. The number of aryl methyl sites for hydroxylation is 1. The number of hydrogen-bond acceptors (Lipinski definition) is 9. The van der Waals surface area contributed by atoms with Crippen LogP contribution < -0.4 is 21.2 Å². The lowest BCUT2D eigenvalue weighted by Crippen LogP contribution is -2.43. The van der Waals surface area contributed by atoms with E-state index < -0.39 is 11.9 Å². The number of hydrazine groups is 1. The molecule has 4 rings (SSSR count). The Morgan fingerprint density at radius 3 is 2.65 bits per heavy atom. The summed E-state index contributed by atoms with van der Waals surface area (Å²) in [6.07, 6.45) is 5.18. The first-order chi connectivity index (χ1) is 17.5. The summed E-state index contributed by atoms with van der Waals surface area (Å²) in [6, 6.07) is 3.56. The third kappa shape index (κ3) is 8.27. The van der Waals surface area contributed by atoms with Crippen LogP contribution in [0, 0.1) is 5.92 Å². The topological polar surface area (TPSA) is 149 Å². The number of carboxylic acid groups (broad SMARTS) is 1. The molecule has 1 saturated heterocycles. The van der Waals surface area contributed by atoms with Crippen molar-refractivity contribution in [1.82, 2.24) is 25.0 Å². The van der Waals surface area contributed by atoms with Crippen molar-refractivity contribution in [2.24, 2.45) is 17.5 Å². The zero-order valence-electron chi connectivity index (χ0n) is 21.5. The number of halogens is 2. The number of hydrogen-bond donors (Lipinski definition) is 3. The number of pyridine rings is 1. The summed E-state index contributed by atoms with van der Waals surface area (Å²) in [7, 11) is 1.67. The predicted octanol–water partition coefficient (Wildman–Crippen LogP) is 2.48. The van der Waals surface area contributed by atoms with Crippen LogP contribution in [-0.2, 0) is 17.8 Å². The van der Waals surface area contributed by atoms with E-state index in [0.29, 0.717) is 48.3 Å². The zero-order chi connectivity index (χ0) is 27.2. The van der Waals surface area contributed by atoms with Crippen LogP contribution in [0.2, 0.25) is 0 Å². The molecule has 1 aliphatic carbocycles. The number of piperidine rings is 1. The molecule has 2 aromatic rings. The van der Waals surface area contributed by atoms with E-state index in [1.807, 2.05) is 13.0 Å². The molecule has 204 valence electrons. The second kappa shape index (κ2) is 12.2. The van der Waals surface area contributed by atoms with Gasteiger partial charge in [0.1, 0.15) is 6.61 Å². The van der Waals surface area contributed by atoms with Gasteiger partial charge in [-0.25, -0.2) is 24.3 Å². The van der Waals surface area contributed by atoms with E-state index in [1.54, 1.807) is 28.9 Å². The van der Waals surface area contributed by atoms with Gasteiger partial charge in [-0.3, -0.25) is 4.79 Å². The van der Waals surface area contributed by atoms with Gasteiger partial charge in [0.05, 0.1) is 41.2 Å². The van der Waals surface area contributed by atoms with E-state index in [0.717, 1.165) is 24.8 Å². The molecule has 0 aromatic carbocycles. The van der Waals surface area contributed by atoms with Crippen molar-refractivity contribution in [1.29, 1.82) is 0 Å². The molecule has 0 amide bonds. The van der Waals surface area contributed by atoms with Crippen molar-refractivity contribution in [3.05, 3.63) is 35.4 Å². The standard InChI is InChI=1S/C22H32F2N8O.C2H4O2/c1-3-16-18(31-10-4-9-22(23,24)14-31)8-7-17(27-16)21(25)19(30(2)26)13-33-20-12-32(29-28-20)11-15-5-6-15;1-2(3)4/h7-8,12,15H,3-6,9-11,13-14,25-26H2,1-2H3;1H3,(H,3,4)/b21-19-;. The molecule has 1 aliphatic heterocycles. The van der Waals surface area contributed by atoms with Crippen LogP contribution in [0.25, 0.3) is 5.70 Å². The Bertz CT molecular complexity index is 1100. The van der Waals surface area contributed by atoms with Crippen LogP contribution in [0.1, 0.15) is 50.9 Å². The van der Waals surface area contributed by atoms with Crippen molar-refractivity contribution < 1.29 is 23.4 Å². The van der Waals surface area contributed by atoms with Crippen molar-refractivity contribution in [3.8, 4) is 5.88 Å². The maximum absolute atomic E-state index is 13.9. The second-order valence-corrected chi connectivity index (χ2v) is 9.40. The van der Waals surface area contributed by atoms with Crippen molar-refractivity contribution >= 4 is 17.4 Å². The average Bonchev–Trinajstić information content (AvgIpc) is 3.53. The fourth-order valence-corrected chi connectivity index (χ4v) is 4.02. The van der Waals surface area contributed by atoms with Gasteiger partial charge in [0, 0.05) is 33.5 Å². The highest BCUT2D eigenvalue weighted by Crippen LogP contribution is 2.32. The van der Waals surface area contributed by atoms with E-state index in [2.05, 4.69) is 15.3 Å². The smallest absolute Gasteiger partial charge is 0.300 e. The first-order valence-corrected chi connectivity index (χ1v) is 12.3. The Balaban J connectivity index is 0.000000886. The summed E-state index contributed by atoms with van der Waals surface area (Å²) in [5.74, 6) is 3.58. The van der Waals surface area contributed by atoms with E-state index in [9.17, 15) is 8.78 Å². The number of likely N-dealkylation sites (N-methyl/N-ethyl adjacent to an activating group) is 1. The van der Waals surface area contributed by atoms with Gasteiger partial charge in [0.2, 0.25) is 0 Å². The maximum Gasteiger partial charge on any atom is 0.300 e. The van der Waals surface area contributed by atoms with Gasteiger partial charge in [0.25, 0.3) is 17.8 Å². The van der Waals surface area contributed by atoms with Crippen LogP contribution in [-0.4, -0.2) is 68.7 Å². The summed E-state index contributed by atoms with van der Waals surface area (Å²) in [5, 5.41) is 16.9. The molecule has 2 aliphatic rings. The molecular weight excluding hydrogens is 486 g/mol. The van der Waals surface area contributed by atoms with Crippen molar-refractivity contribution in [3.63, 3.8) is 0 Å². The number of alkyl halides is 2. The number of ether oxygens (including phenoxy) is 1. The number of rotatable bonds is 9. The van der Waals surface area contributed by atoms with Gasteiger partial charge < -0.3 is 25.5 Å². The molecule has 11 nitrogen and oxygen atoms in total. The average molecular weight is 523 g/mol. The van der Waals surface area contributed by atoms with Crippen LogP contribution in [0.15, 0.2) is 24.0 Å². The van der Waals surface area contributed by atoms with E-state index in [-0.39, 0.29) is 19.6 Å². The minimum atomic E-state index is -2.69. The Morgan fingerprint density at radius 1 is 1.35 bits per heavy atom. The van der Waals surface area contributed by atoms with Gasteiger partial charge in [-0.05, 0) is 43.7 Å². The first kappa shape index (κ1) is 28.1. The van der Waals surface area contributed by atoms with Gasteiger partial charge in [-0.15, -0.1) is 0 Å². The highest BCUT2D eigenvalue weighted by Gasteiger charge is 2.36. The molecule has 0 atom stereocenters. The SMILES string of the molecule is CC(=O)O.CCc1nc(/C(N)=C(\COc2cn(CC3CC3)nn2)N(C)N)ccc1N1CCCC(F)(F)C1. The molecule has 5 N–H and O–H groups in total.